The molecule has 2 N–H and O–H groups in total. The normalized spacial score (nSPS) is 17.6. The molecule has 1 aromatic rings. The first kappa shape index (κ1) is 13.9. The summed E-state index contributed by atoms with van der Waals surface area (Å²) in [6, 6.07) is 9.32. The average Bonchev–Trinajstić information content (AvgIpc) is 3.18. The van der Waals surface area contributed by atoms with Gasteiger partial charge in [0.25, 0.3) is 5.91 Å². The maximum absolute atomic E-state index is 11.9. The van der Waals surface area contributed by atoms with Crippen molar-refractivity contribution in [2.75, 3.05) is 13.2 Å². The fourth-order valence-corrected chi connectivity index (χ4v) is 2.10. The van der Waals surface area contributed by atoms with Crippen LogP contribution in [-0.4, -0.2) is 30.3 Å². The molecule has 1 amide bonds. The third-order valence-electron chi connectivity index (χ3n) is 3.66. The van der Waals surface area contributed by atoms with Gasteiger partial charge in [0.2, 0.25) is 0 Å². The van der Waals surface area contributed by atoms with E-state index in [2.05, 4.69) is 5.32 Å². The first-order valence-electron chi connectivity index (χ1n) is 6.75. The molecule has 0 aromatic heterocycles. The van der Waals surface area contributed by atoms with Crippen molar-refractivity contribution in [2.24, 2.45) is 5.41 Å². The maximum atomic E-state index is 11.9. The Morgan fingerprint density at radius 1 is 1.42 bits per heavy atom. The molecule has 1 saturated carbocycles. The van der Waals surface area contributed by atoms with Crippen LogP contribution in [0.3, 0.4) is 0 Å². The van der Waals surface area contributed by atoms with Gasteiger partial charge in [0.05, 0.1) is 0 Å². The van der Waals surface area contributed by atoms with E-state index in [0.717, 1.165) is 19.3 Å². The number of amides is 1. The molecule has 0 heterocycles. The molecule has 0 spiro atoms. The molecule has 4 nitrogen and oxygen atoms in total. The summed E-state index contributed by atoms with van der Waals surface area (Å²) in [7, 11) is 0. The van der Waals surface area contributed by atoms with E-state index in [1.54, 1.807) is 6.92 Å². The fourth-order valence-electron chi connectivity index (χ4n) is 2.10. The molecular formula is C15H21NO3. The van der Waals surface area contributed by atoms with Gasteiger partial charge < -0.3 is 15.2 Å². The van der Waals surface area contributed by atoms with Crippen molar-refractivity contribution in [1.82, 2.24) is 5.32 Å². The highest BCUT2D eigenvalue weighted by Gasteiger charge is 2.42. The summed E-state index contributed by atoms with van der Waals surface area (Å²) in [5, 5.41) is 11.9. The Balaban J connectivity index is 1.77. The van der Waals surface area contributed by atoms with Gasteiger partial charge in [-0.2, -0.15) is 0 Å². The lowest BCUT2D eigenvalue weighted by atomic mass is 10.0. The lowest BCUT2D eigenvalue weighted by molar-refractivity contribution is -0.127. The third-order valence-corrected chi connectivity index (χ3v) is 3.66. The molecule has 0 aliphatic heterocycles. The molecule has 4 heteroatoms. The van der Waals surface area contributed by atoms with Crippen molar-refractivity contribution in [3.8, 4) is 5.75 Å². The Hall–Kier alpha value is -1.55. The molecule has 19 heavy (non-hydrogen) atoms. The highest BCUT2D eigenvalue weighted by atomic mass is 16.5. The van der Waals surface area contributed by atoms with Gasteiger partial charge in [-0.05, 0) is 43.7 Å². The average molecular weight is 263 g/mol. The molecule has 1 aromatic carbocycles. The Kier molecular flexibility index (Phi) is 4.43. The van der Waals surface area contributed by atoms with E-state index in [1.807, 2.05) is 30.3 Å². The zero-order chi connectivity index (χ0) is 13.7. The van der Waals surface area contributed by atoms with Crippen molar-refractivity contribution in [3.05, 3.63) is 30.3 Å². The number of hydrogen-bond donors (Lipinski definition) is 2. The number of para-hydroxylation sites is 1. The number of aliphatic hydroxyl groups excluding tert-OH is 1. The number of hydrogen-bond acceptors (Lipinski definition) is 3. The maximum Gasteiger partial charge on any atom is 0.260 e. The number of ether oxygens (including phenoxy) is 1. The quantitative estimate of drug-likeness (QED) is 0.787. The molecule has 104 valence electrons. The van der Waals surface area contributed by atoms with E-state index in [4.69, 9.17) is 9.84 Å². The second-order valence-electron chi connectivity index (χ2n) is 5.26. The standard InChI is InChI=1S/C15H21NO3/c1-12(19-13-5-3-2-4-6-13)14(18)16-11-15(7-8-15)9-10-17/h2-6,12,17H,7-11H2,1H3,(H,16,18). The SMILES string of the molecule is CC(Oc1ccccc1)C(=O)NCC1(CCO)CC1. The van der Waals surface area contributed by atoms with Crippen molar-refractivity contribution in [3.63, 3.8) is 0 Å². The zero-order valence-corrected chi connectivity index (χ0v) is 11.3. The first-order valence-corrected chi connectivity index (χ1v) is 6.75. The Morgan fingerprint density at radius 3 is 2.68 bits per heavy atom. The van der Waals surface area contributed by atoms with Gasteiger partial charge >= 0.3 is 0 Å². The molecular weight excluding hydrogens is 242 g/mol. The van der Waals surface area contributed by atoms with Crippen LogP contribution in [-0.2, 0) is 4.79 Å². The van der Waals surface area contributed by atoms with Crippen LogP contribution in [0.1, 0.15) is 26.2 Å². The van der Waals surface area contributed by atoms with Crippen LogP contribution in [0.4, 0.5) is 0 Å². The smallest absolute Gasteiger partial charge is 0.260 e. The van der Waals surface area contributed by atoms with Crippen molar-refractivity contribution in [1.29, 1.82) is 0 Å². The van der Waals surface area contributed by atoms with Gasteiger partial charge in [0, 0.05) is 13.2 Å². The van der Waals surface area contributed by atoms with Crippen LogP contribution >= 0.6 is 0 Å². The monoisotopic (exact) mass is 263 g/mol. The minimum atomic E-state index is -0.507. The third kappa shape index (κ3) is 3.96. The van der Waals surface area contributed by atoms with Crippen molar-refractivity contribution in [2.45, 2.75) is 32.3 Å². The Labute approximate surface area is 113 Å². The lowest BCUT2D eigenvalue weighted by Gasteiger charge is -2.18. The highest BCUT2D eigenvalue weighted by molar-refractivity contribution is 5.80. The summed E-state index contributed by atoms with van der Waals surface area (Å²) < 4.78 is 5.56. The molecule has 0 saturated heterocycles. The summed E-state index contributed by atoms with van der Waals surface area (Å²) in [5.74, 6) is 0.592. The highest BCUT2D eigenvalue weighted by Crippen LogP contribution is 2.47. The predicted octanol–water partition coefficient (Wildman–Crippen LogP) is 1.73. The van der Waals surface area contributed by atoms with Crippen LogP contribution in [0.5, 0.6) is 5.75 Å². The molecule has 1 aliphatic carbocycles. The predicted molar refractivity (Wildman–Crippen MR) is 72.9 cm³/mol. The van der Waals surface area contributed by atoms with Crippen molar-refractivity contribution < 1.29 is 14.6 Å². The number of rotatable bonds is 7. The number of carbonyl (C=O) groups excluding carboxylic acids is 1. The van der Waals surface area contributed by atoms with E-state index in [9.17, 15) is 4.79 Å². The van der Waals surface area contributed by atoms with Crippen LogP contribution in [0, 0.1) is 5.41 Å². The molecule has 1 unspecified atom stereocenters. The lowest BCUT2D eigenvalue weighted by Crippen LogP contribution is -2.39. The summed E-state index contributed by atoms with van der Waals surface area (Å²) in [4.78, 5) is 11.9. The first-order chi connectivity index (χ1) is 9.15. The second kappa shape index (κ2) is 6.06. The van der Waals surface area contributed by atoms with Gasteiger partial charge in [-0.1, -0.05) is 18.2 Å². The summed E-state index contributed by atoms with van der Waals surface area (Å²) >= 11 is 0. The van der Waals surface area contributed by atoms with Gasteiger partial charge in [-0.15, -0.1) is 0 Å². The fraction of sp³-hybridized carbons (Fsp3) is 0.533. The zero-order valence-electron chi connectivity index (χ0n) is 11.3. The number of benzene rings is 1. The van der Waals surface area contributed by atoms with Gasteiger partial charge in [0.1, 0.15) is 5.75 Å². The largest absolute Gasteiger partial charge is 0.481 e. The van der Waals surface area contributed by atoms with E-state index in [1.165, 1.54) is 0 Å². The molecule has 1 fully saturated rings. The molecule has 2 rings (SSSR count). The number of aliphatic hydroxyl groups is 1. The van der Waals surface area contributed by atoms with Gasteiger partial charge in [0.15, 0.2) is 6.10 Å². The minimum Gasteiger partial charge on any atom is -0.481 e. The molecule has 1 atom stereocenters. The van der Waals surface area contributed by atoms with Crippen LogP contribution in [0.15, 0.2) is 30.3 Å². The van der Waals surface area contributed by atoms with Crippen LogP contribution in [0.2, 0.25) is 0 Å². The van der Waals surface area contributed by atoms with E-state index < -0.39 is 6.10 Å². The number of nitrogens with one attached hydrogen (secondary N) is 1. The summed E-state index contributed by atoms with van der Waals surface area (Å²) in [6.07, 6.45) is 2.43. The van der Waals surface area contributed by atoms with Crippen LogP contribution < -0.4 is 10.1 Å². The molecule has 1 aliphatic rings. The Bertz CT molecular complexity index is 415. The van der Waals surface area contributed by atoms with E-state index >= 15 is 0 Å². The van der Waals surface area contributed by atoms with Gasteiger partial charge in [-0.25, -0.2) is 0 Å². The summed E-state index contributed by atoms with van der Waals surface area (Å²) in [6.45, 7) is 2.56. The topological polar surface area (TPSA) is 58.6 Å². The van der Waals surface area contributed by atoms with E-state index in [-0.39, 0.29) is 17.9 Å². The Morgan fingerprint density at radius 2 is 2.11 bits per heavy atom. The molecule has 0 radical (unpaired) electrons. The van der Waals surface area contributed by atoms with Gasteiger partial charge in [-0.3, -0.25) is 4.79 Å². The second-order valence-corrected chi connectivity index (χ2v) is 5.26. The number of carbonyl (C=O) groups is 1. The minimum absolute atomic E-state index is 0.104. The van der Waals surface area contributed by atoms with Crippen LogP contribution in [0.25, 0.3) is 0 Å². The van der Waals surface area contributed by atoms with Crippen molar-refractivity contribution >= 4 is 5.91 Å². The van der Waals surface area contributed by atoms with E-state index in [0.29, 0.717) is 12.3 Å². The summed E-state index contributed by atoms with van der Waals surface area (Å²) in [5.41, 5.74) is 0.136. The molecule has 0 bridgehead atoms.